The summed E-state index contributed by atoms with van der Waals surface area (Å²) in [5.74, 6) is 0.402. The average Bonchev–Trinajstić information content (AvgIpc) is 2.64. The van der Waals surface area contributed by atoms with Crippen LogP contribution in [-0.4, -0.2) is 34.5 Å². The van der Waals surface area contributed by atoms with Crippen molar-refractivity contribution in [2.75, 3.05) is 20.2 Å². The summed E-state index contributed by atoms with van der Waals surface area (Å²) in [6, 6.07) is 15.4. The van der Waals surface area contributed by atoms with Gasteiger partial charge in [0.2, 0.25) is 15.9 Å². The molecule has 132 valence electrons. The summed E-state index contributed by atoms with van der Waals surface area (Å²) < 4.78 is 31.5. The molecular formula is C18H20N2O4S. The molecule has 0 bridgehead atoms. The molecule has 0 aliphatic heterocycles. The van der Waals surface area contributed by atoms with E-state index >= 15 is 0 Å². The van der Waals surface area contributed by atoms with Gasteiger partial charge in [0.25, 0.3) is 0 Å². The molecule has 0 fully saturated rings. The molecule has 0 aliphatic carbocycles. The number of carbonyl (C=O) groups is 1. The smallest absolute Gasteiger partial charge is 0.244 e. The molecule has 25 heavy (non-hydrogen) atoms. The summed E-state index contributed by atoms with van der Waals surface area (Å²) in [5.41, 5.74) is 0.833. The average molecular weight is 360 g/mol. The maximum absolute atomic E-state index is 12.0. The van der Waals surface area contributed by atoms with Crippen LogP contribution in [0.15, 0.2) is 65.6 Å². The van der Waals surface area contributed by atoms with E-state index in [1.807, 2.05) is 18.2 Å². The fraction of sp³-hybridized carbons (Fsp3) is 0.167. The Balaban J connectivity index is 1.78. The Hall–Kier alpha value is -2.64. The van der Waals surface area contributed by atoms with Gasteiger partial charge in [0.15, 0.2) is 0 Å². The fourth-order valence-electron chi connectivity index (χ4n) is 2.03. The minimum absolute atomic E-state index is 0.107. The van der Waals surface area contributed by atoms with Crippen molar-refractivity contribution in [1.82, 2.24) is 10.0 Å². The first-order valence-corrected chi connectivity index (χ1v) is 9.14. The van der Waals surface area contributed by atoms with Crippen molar-refractivity contribution in [3.8, 4) is 5.75 Å². The fourth-order valence-corrected chi connectivity index (χ4v) is 3.08. The molecule has 2 aromatic rings. The van der Waals surface area contributed by atoms with E-state index in [1.54, 1.807) is 37.5 Å². The highest BCUT2D eigenvalue weighted by atomic mass is 32.2. The van der Waals surface area contributed by atoms with Crippen LogP contribution in [0.1, 0.15) is 5.56 Å². The monoisotopic (exact) mass is 360 g/mol. The maximum Gasteiger partial charge on any atom is 0.244 e. The number of hydrogen-bond acceptors (Lipinski definition) is 4. The quantitative estimate of drug-likeness (QED) is 0.555. The van der Waals surface area contributed by atoms with E-state index in [-0.39, 0.29) is 23.9 Å². The van der Waals surface area contributed by atoms with E-state index in [9.17, 15) is 13.2 Å². The third kappa shape index (κ3) is 6.06. The van der Waals surface area contributed by atoms with Crippen LogP contribution in [0.25, 0.3) is 6.08 Å². The molecule has 0 atom stereocenters. The minimum atomic E-state index is -3.55. The molecule has 1 amide bonds. The van der Waals surface area contributed by atoms with Gasteiger partial charge in [0, 0.05) is 19.2 Å². The molecule has 6 nitrogen and oxygen atoms in total. The zero-order valence-electron chi connectivity index (χ0n) is 13.8. The van der Waals surface area contributed by atoms with Crippen molar-refractivity contribution in [3.63, 3.8) is 0 Å². The molecule has 2 N–H and O–H groups in total. The number of hydrogen-bond donors (Lipinski definition) is 2. The highest BCUT2D eigenvalue weighted by Gasteiger charge is 2.11. The number of amides is 1. The van der Waals surface area contributed by atoms with Crippen LogP contribution in [-0.2, 0) is 14.8 Å². The molecule has 2 aromatic carbocycles. The van der Waals surface area contributed by atoms with Gasteiger partial charge in [-0.2, -0.15) is 0 Å². The lowest BCUT2D eigenvalue weighted by atomic mass is 10.2. The number of benzene rings is 2. The zero-order valence-corrected chi connectivity index (χ0v) is 14.6. The molecule has 0 unspecified atom stereocenters. The van der Waals surface area contributed by atoms with Gasteiger partial charge in [0.1, 0.15) is 5.75 Å². The van der Waals surface area contributed by atoms with Crippen LogP contribution in [0.3, 0.4) is 0 Å². The predicted octanol–water partition coefficient (Wildman–Crippen LogP) is 1.80. The van der Waals surface area contributed by atoms with Crippen molar-refractivity contribution in [3.05, 3.63) is 66.2 Å². The van der Waals surface area contributed by atoms with Crippen molar-refractivity contribution >= 4 is 22.0 Å². The van der Waals surface area contributed by atoms with Gasteiger partial charge in [-0.05, 0) is 35.9 Å². The van der Waals surface area contributed by atoms with Gasteiger partial charge >= 0.3 is 0 Å². The highest BCUT2D eigenvalue weighted by molar-refractivity contribution is 7.89. The second-order valence-corrected chi connectivity index (χ2v) is 6.88. The first-order valence-electron chi connectivity index (χ1n) is 7.66. The molecule has 0 radical (unpaired) electrons. The Morgan fingerprint density at radius 1 is 1.08 bits per heavy atom. The normalized spacial score (nSPS) is 11.4. The van der Waals surface area contributed by atoms with Crippen LogP contribution in [0.5, 0.6) is 5.75 Å². The minimum Gasteiger partial charge on any atom is -0.497 e. The summed E-state index contributed by atoms with van der Waals surface area (Å²) in [4.78, 5) is 12.0. The van der Waals surface area contributed by atoms with Crippen LogP contribution >= 0.6 is 0 Å². The Morgan fingerprint density at radius 2 is 1.84 bits per heavy atom. The van der Waals surface area contributed by atoms with E-state index in [0.29, 0.717) is 5.75 Å². The number of methoxy groups -OCH3 is 1. The lowest BCUT2D eigenvalue weighted by molar-refractivity contribution is -0.116. The molecule has 7 heteroatoms. The topological polar surface area (TPSA) is 84.5 Å². The van der Waals surface area contributed by atoms with Crippen LogP contribution in [0.2, 0.25) is 0 Å². The largest absolute Gasteiger partial charge is 0.497 e. The Morgan fingerprint density at radius 3 is 2.56 bits per heavy atom. The molecule has 2 rings (SSSR count). The van der Waals surface area contributed by atoms with Gasteiger partial charge in [-0.1, -0.05) is 30.3 Å². The van der Waals surface area contributed by atoms with Gasteiger partial charge in [-0.25, -0.2) is 13.1 Å². The summed E-state index contributed by atoms with van der Waals surface area (Å²) in [5, 5.41) is 2.62. The summed E-state index contributed by atoms with van der Waals surface area (Å²) in [6.07, 6.45) is 3.05. The molecule has 0 saturated heterocycles. The SMILES string of the molecule is COc1cccc(C=CC(=O)NCCNS(=O)(=O)c2ccccc2)c1. The third-order valence-corrected chi connectivity index (χ3v) is 4.77. The van der Waals surface area contributed by atoms with E-state index in [1.165, 1.54) is 18.2 Å². The summed E-state index contributed by atoms with van der Waals surface area (Å²) >= 11 is 0. The van der Waals surface area contributed by atoms with Crippen molar-refractivity contribution in [2.24, 2.45) is 0 Å². The number of sulfonamides is 1. The number of ether oxygens (including phenoxy) is 1. The molecule has 0 aliphatic rings. The van der Waals surface area contributed by atoms with Crippen molar-refractivity contribution < 1.29 is 17.9 Å². The number of rotatable bonds is 8. The molecular weight excluding hydrogens is 340 g/mol. The van der Waals surface area contributed by atoms with Crippen molar-refractivity contribution in [1.29, 1.82) is 0 Å². The van der Waals surface area contributed by atoms with Crippen LogP contribution in [0, 0.1) is 0 Å². The zero-order chi connectivity index (χ0) is 18.1. The Labute approximate surface area is 147 Å². The van der Waals surface area contributed by atoms with E-state index in [0.717, 1.165) is 5.56 Å². The summed E-state index contributed by atoms with van der Waals surface area (Å²) in [6.45, 7) is 0.295. The van der Waals surface area contributed by atoms with Gasteiger partial charge in [-0.15, -0.1) is 0 Å². The number of carbonyl (C=O) groups excluding carboxylic acids is 1. The molecule has 0 saturated carbocycles. The Kier molecular flexibility index (Phi) is 6.73. The second-order valence-electron chi connectivity index (χ2n) is 5.11. The van der Waals surface area contributed by atoms with Crippen molar-refractivity contribution in [2.45, 2.75) is 4.90 Å². The van der Waals surface area contributed by atoms with Gasteiger partial charge < -0.3 is 10.1 Å². The van der Waals surface area contributed by atoms with E-state index < -0.39 is 10.0 Å². The Bertz CT molecular complexity index is 833. The molecule has 0 aromatic heterocycles. The summed E-state index contributed by atoms with van der Waals surface area (Å²) in [7, 11) is -1.98. The lowest BCUT2D eigenvalue weighted by Gasteiger charge is -2.07. The van der Waals surface area contributed by atoms with Gasteiger partial charge in [0.05, 0.1) is 12.0 Å². The molecule has 0 heterocycles. The first-order chi connectivity index (χ1) is 12.0. The maximum atomic E-state index is 12.0. The van der Waals surface area contributed by atoms with E-state index in [2.05, 4.69) is 10.0 Å². The van der Waals surface area contributed by atoms with Gasteiger partial charge in [-0.3, -0.25) is 4.79 Å². The molecule has 0 spiro atoms. The third-order valence-electron chi connectivity index (χ3n) is 3.29. The lowest BCUT2D eigenvalue weighted by Crippen LogP contribution is -2.34. The number of nitrogens with one attached hydrogen (secondary N) is 2. The first kappa shape index (κ1) is 18.7. The van der Waals surface area contributed by atoms with Crippen LogP contribution < -0.4 is 14.8 Å². The van der Waals surface area contributed by atoms with E-state index in [4.69, 9.17) is 4.74 Å². The second kappa shape index (κ2) is 9.00. The highest BCUT2D eigenvalue weighted by Crippen LogP contribution is 2.13. The van der Waals surface area contributed by atoms with Crippen LogP contribution in [0.4, 0.5) is 0 Å². The predicted molar refractivity (Wildman–Crippen MR) is 96.7 cm³/mol. The standard InChI is InChI=1S/C18H20N2O4S/c1-24-16-7-5-6-15(14-16)10-11-18(21)19-12-13-20-25(22,23)17-8-3-2-4-9-17/h2-11,14,20H,12-13H2,1H3,(H,19,21).